The molecule has 10 bridgehead atoms. The molecule has 1 aliphatic heterocycles. The Balaban J connectivity index is 0.933. The normalized spacial score (nSPS) is 48.6. The summed E-state index contributed by atoms with van der Waals surface area (Å²) >= 11 is 0. The van der Waals surface area contributed by atoms with Gasteiger partial charge in [-0.25, -0.2) is 4.79 Å². The minimum Gasteiger partial charge on any atom is -0.462 e. The fourth-order valence-electron chi connectivity index (χ4n) is 12.8. The Hall–Kier alpha value is -2.56. The molecule has 10 saturated carbocycles. The molecule has 0 aromatic carbocycles. The van der Waals surface area contributed by atoms with E-state index in [9.17, 15) is 41.2 Å². The van der Waals surface area contributed by atoms with Crippen LogP contribution in [0.5, 0.6) is 0 Å². The Morgan fingerprint density at radius 1 is 0.902 bits per heavy atom. The highest BCUT2D eigenvalue weighted by Crippen LogP contribution is 2.69. The highest BCUT2D eigenvalue weighted by Gasteiger charge is 2.74. The van der Waals surface area contributed by atoms with Crippen molar-refractivity contribution < 1.29 is 69.4 Å². The van der Waals surface area contributed by atoms with E-state index in [2.05, 4.69) is 0 Å². The molecule has 1 heterocycles. The predicted octanol–water partition coefficient (Wildman–Crippen LogP) is 3.17. The first-order valence-electron chi connectivity index (χ1n) is 18.2. The first-order valence-corrected chi connectivity index (χ1v) is 19.7. The average molecular weight is 741 g/mol. The van der Waals surface area contributed by atoms with E-state index in [0.717, 1.165) is 12.8 Å². The summed E-state index contributed by atoms with van der Waals surface area (Å²) in [6.45, 7) is 1.50. The SMILES string of the molecule is CC1CC2CC(=O)CC1(C(=O)OCC1OC3(OC1COC(=O)C14CC5CC(C1)C(C4)C5=O)C1CC4CC(OC(=O)C(F)(F)S(=O)(=O)O)(C1)CC43)C2. The largest absolute Gasteiger partial charge is 0.465 e. The van der Waals surface area contributed by atoms with Crippen LogP contribution < -0.4 is 0 Å². The summed E-state index contributed by atoms with van der Waals surface area (Å²) in [4.78, 5) is 64.9. The second-order valence-corrected chi connectivity index (χ2v) is 19.0. The van der Waals surface area contributed by atoms with Gasteiger partial charge in [-0.3, -0.25) is 23.7 Å². The van der Waals surface area contributed by atoms with E-state index < -0.39 is 79.5 Å². The molecule has 0 aromatic rings. The Morgan fingerprint density at radius 3 is 2.25 bits per heavy atom. The van der Waals surface area contributed by atoms with Gasteiger partial charge in [0.15, 0.2) is 5.79 Å². The van der Waals surface area contributed by atoms with Crippen LogP contribution in [0.15, 0.2) is 0 Å². The van der Waals surface area contributed by atoms with Crippen molar-refractivity contribution in [1.82, 2.24) is 0 Å². The van der Waals surface area contributed by atoms with Gasteiger partial charge in [-0.1, -0.05) is 6.92 Å². The fourth-order valence-corrected chi connectivity index (χ4v) is 13.1. The smallest absolute Gasteiger partial charge is 0.462 e. The van der Waals surface area contributed by atoms with Crippen molar-refractivity contribution in [3.63, 3.8) is 0 Å². The molecule has 11 fully saturated rings. The van der Waals surface area contributed by atoms with Gasteiger partial charge in [-0.15, -0.1) is 0 Å². The van der Waals surface area contributed by atoms with Crippen LogP contribution in [0.1, 0.15) is 84.0 Å². The van der Waals surface area contributed by atoms with E-state index >= 15 is 0 Å². The molecule has 0 aromatic heterocycles. The molecule has 51 heavy (non-hydrogen) atoms. The van der Waals surface area contributed by atoms with E-state index in [1.165, 1.54) is 0 Å². The molecule has 1 N–H and O–H groups in total. The standard InChI is InChI=1S/C35H42F2O13S/c1-16-2-17-3-22(38)11-33(16,6-17)29(41)47-15-26-25(14-46-28(40)31-7-18-4-20(8-31)27(39)23(18)12-31)48-34(49-26)21-5-19-9-32(10-21,13-24(19)34)50-30(42)35(36,37)51(43,44)45/h16-21,23-26H,2-15H2,1H3,(H,43,44,45). The van der Waals surface area contributed by atoms with Crippen LogP contribution >= 0.6 is 0 Å². The van der Waals surface area contributed by atoms with Crippen LogP contribution in [0.2, 0.25) is 0 Å². The molecule has 10 aliphatic carbocycles. The van der Waals surface area contributed by atoms with Crippen LogP contribution in [-0.2, 0) is 57.8 Å². The maximum atomic E-state index is 14.2. The van der Waals surface area contributed by atoms with E-state index in [-0.39, 0.29) is 86.0 Å². The lowest BCUT2D eigenvalue weighted by Gasteiger charge is -2.45. The lowest BCUT2D eigenvalue weighted by atomic mass is 9.69. The van der Waals surface area contributed by atoms with Gasteiger partial charge in [-0.2, -0.15) is 17.2 Å². The number of esters is 3. The van der Waals surface area contributed by atoms with Crippen molar-refractivity contribution in [3.8, 4) is 0 Å². The third-order valence-corrected chi connectivity index (χ3v) is 15.6. The molecule has 1 spiro atoms. The molecular weight excluding hydrogens is 698 g/mol. The molecule has 1 saturated heterocycles. The first kappa shape index (κ1) is 34.2. The van der Waals surface area contributed by atoms with Crippen LogP contribution in [-0.4, -0.2) is 84.5 Å². The minimum atomic E-state index is -6.05. The molecule has 0 amide bonds. The highest BCUT2D eigenvalue weighted by molar-refractivity contribution is 7.87. The van der Waals surface area contributed by atoms with Crippen molar-refractivity contribution in [2.75, 3.05) is 13.2 Å². The predicted molar refractivity (Wildman–Crippen MR) is 164 cm³/mol. The molecule has 14 atom stereocenters. The number of hydrogen-bond donors (Lipinski definition) is 1. The second-order valence-electron chi connectivity index (χ2n) is 17.6. The number of halogens is 2. The Kier molecular flexibility index (Phi) is 7.23. The fraction of sp³-hybridized carbons (Fsp3) is 0.857. The van der Waals surface area contributed by atoms with Crippen LogP contribution in [0.3, 0.4) is 0 Å². The highest BCUT2D eigenvalue weighted by atomic mass is 32.2. The molecule has 16 heteroatoms. The Bertz CT molecular complexity index is 1730. The number of hydrogen-bond acceptors (Lipinski definition) is 12. The summed E-state index contributed by atoms with van der Waals surface area (Å²) in [5.74, 6) is -5.30. The molecule has 14 unspecified atom stereocenters. The number of Topliss-reactive ketones (excluding diaryl/α,β-unsaturated/α-hetero) is 2. The second kappa shape index (κ2) is 10.8. The molecular formula is C35H42F2O13S. The zero-order chi connectivity index (χ0) is 36.1. The van der Waals surface area contributed by atoms with Gasteiger partial charge in [0.1, 0.15) is 42.6 Å². The third kappa shape index (κ3) is 4.76. The van der Waals surface area contributed by atoms with Crippen LogP contribution in [0.4, 0.5) is 8.78 Å². The van der Waals surface area contributed by atoms with Gasteiger partial charge in [0.25, 0.3) is 0 Å². The van der Waals surface area contributed by atoms with Crippen molar-refractivity contribution in [3.05, 3.63) is 0 Å². The topological polar surface area (TPSA) is 186 Å². The lowest BCUT2D eigenvalue weighted by molar-refractivity contribution is -0.259. The van der Waals surface area contributed by atoms with E-state index in [1.54, 1.807) is 0 Å². The number of carbonyl (C=O) groups excluding carboxylic acids is 5. The minimum absolute atomic E-state index is 0.0255. The van der Waals surface area contributed by atoms with E-state index in [4.69, 9.17) is 28.2 Å². The Morgan fingerprint density at radius 2 is 1.61 bits per heavy atom. The number of ether oxygens (including phenoxy) is 5. The Labute approximate surface area is 292 Å². The zero-order valence-corrected chi connectivity index (χ0v) is 29.0. The number of ketones is 2. The van der Waals surface area contributed by atoms with Crippen molar-refractivity contribution in [2.45, 2.75) is 113 Å². The molecule has 11 aliphatic rings. The summed E-state index contributed by atoms with van der Waals surface area (Å²) in [6.07, 6.45) is 3.27. The summed E-state index contributed by atoms with van der Waals surface area (Å²) in [5, 5.41) is -5.13. The van der Waals surface area contributed by atoms with Gasteiger partial charge in [0, 0.05) is 36.5 Å². The average Bonchev–Trinajstić information content (AvgIpc) is 3.80. The molecule has 0 radical (unpaired) electrons. The number of fused-ring (bicyclic) bond motifs is 2. The third-order valence-electron chi connectivity index (χ3n) is 14.8. The summed E-state index contributed by atoms with van der Waals surface area (Å²) < 4.78 is 90.2. The van der Waals surface area contributed by atoms with Crippen molar-refractivity contribution >= 4 is 39.6 Å². The quantitative estimate of drug-likeness (QED) is 0.207. The maximum absolute atomic E-state index is 14.2. The van der Waals surface area contributed by atoms with Gasteiger partial charge in [0.05, 0.1) is 10.8 Å². The van der Waals surface area contributed by atoms with Gasteiger partial charge >= 0.3 is 33.3 Å². The number of alkyl halides is 2. The molecule has 13 nitrogen and oxygen atoms in total. The van der Waals surface area contributed by atoms with Crippen molar-refractivity contribution in [1.29, 1.82) is 0 Å². The van der Waals surface area contributed by atoms with Crippen molar-refractivity contribution in [2.24, 2.45) is 58.2 Å². The summed E-state index contributed by atoms with van der Waals surface area (Å²) in [6, 6.07) is 0. The number of rotatable bonds is 9. The van der Waals surface area contributed by atoms with Crippen LogP contribution in [0.25, 0.3) is 0 Å². The molecule has 280 valence electrons. The van der Waals surface area contributed by atoms with E-state index in [1.807, 2.05) is 6.92 Å². The lowest BCUT2D eigenvalue weighted by Crippen LogP contribution is -2.53. The van der Waals surface area contributed by atoms with Gasteiger partial charge in [0.2, 0.25) is 0 Å². The first-order chi connectivity index (χ1) is 23.9. The summed E-state index contributed by atoms with van der Waals surface area (Å²) in [5.41, 5.74) is -3.05. The van der Waals surface area contributed by atoms with Gasteiger partial charge in [-0.05, 0) is 87.9 Å². The zero-order valence-electron chi connectivity index (χ0n) is 28.2. The maximum Gasteiger partial charge on any atom is 0.465 e. The number of carbonyl (C=O) groups is 5. The monoisotopic (exact) mass is 740 g/mol. The summed E-state index contributed by atoms with van der Waals surface area (Å²) in [7, 11) is -6.05. The van der Waals surface area contributed by atoms with Crippen LogP contribution in [0, 0.1) is 58.2 Å². The van der Waals surface area contributed by atoms with E-state index in [0.29, 0.717) is 38.5 Å². The van der Waals surface area contributed by atoms with Gasteiger partial charge < -0.3 is 23.7 Å². The molecule has 11 rings (SSSR count).